The van der Waals surface area contributed by atoms with Gasteiger partial charge < -0.3 is 11.1 Å². The molecule has 0 aliphatic rings. The van der Waals surface area contributed by atoms with Crippen LogP contribution in [-0.2, 0) is 19.4 Å². The Morgan fingerprint density at radius 1 is 1.05 bits per heavy atom. The largest absolute Gasteiger partial charge is 0.353 e. The molecule has 0 spiro atoms. The highest BCUT2D eigenvalue weighted by Gasteiger charge is 2.09. The second-order valence-electron chi connectivity index (χ2n) is 4.80. The third-order valence-electron chi connectivity index (χ3n) is 3.53. The Morgan fingerprint density at radius 3 is 2.20 bits per heavy atom. The summed E-state index contributed by atoms with van der Waals surface area (Å²) in [5, 5.41) is 3.25. The highest BCUT2D eigenvalue weighted by atomic mass is 19.1. The molecule has 0 radical (unpaired) electrons. The second kappa shape index (κ2) is 6.53. The van der Waals surface area contributed by atoms with E-state index in [1.807, 2.05) is 6.07 Å². The van der Waals surface area contributed by atoms with E-state index >= 15 is 0 Å². The lowest BCUT2D eigenvalue weighted by Crippen LogP contribution is -2.03. The molecule has 0 amide bonds. The molecular formula is C17H21FN2. The molecule has 3 heteroatoms. The van der Waals surface area contributed by atoms with Gasteiger partial charge in [0, 0.05) is 12.2 Å². The van der Waals surface area contributed by atoms with Crippen molar-refractivity contribution < 1.29 is 4.39 Å². The van der Waals surface area contributed by atoms with Gasteiger partial charge in [-0.2, -0.15) is 0 Å². The van der Waals surface area contributed by atoms with E-state index in [0.29, 0.717) is 12.2 Å². The quantitative estimate of drug-likeness (QED) is 0.858. The van der Waals surface area contributed by atoms with Gasteiger partial charge in [0.15, 0.2) is 0 Å². The summed E-state index contributed by atoms with van der Waals surface area (Å²) in [6.07, 6.45) is 1.83. The summed E-state index contributed by atoms with van der Waals surface area (Å²) >= 11 is 0. The van der Waals surface area contributed by atoms with Gasteiger partial charge in [0.2, 0.25) is 0 Å². The molecule has 0 saturated heterocycles. The van der Waals surface area contributed by atoms with Gasteiger partial charge in [-0.3, -0.25) is 0 Å². The Labute approximate surface area is 119 Å². The fraction of sp³-hybridized carbons (Fsp3) is 0.294. The average Bonchev–Trinajstić information content (AvgIpc) is 2.49. The van der Waals surface area contributed by atoms with Gasteiger partial charge in [-0.1, -0.05) is 38.1 Å². The van der Waals surface area contributed by atoms with Crippen molar-refractivity contribution in [2.24, 2.45) is 5.73 Å². The fourth-order valence-electron chi connectivity index (χ4n) is 2.32. The van der Waals surface area contributed by atoms with Gasteiger partial charge in [0.05, 0.1) is 5.69 Å². The maximum Gasteiger partial charge on any atom is 0.146 e. The van der Waals surface area contributed by atoms with Crippen LogP contribution in [0.2, 0.25) is 0 Å². The number of aryl methyl sites for hydroxylation is 2. The molecule has 0 unspecified atom stereocenters. The second-order valence-corrected chi connectivity index (χ2v) is 4.80. The Morgan fingerprint density at radius 2 is 1.70 bits per heavy atom. The summed E-state index contributed by atoms with van der Waals surface area (Å²) in [7, 11) is 0. The van der Waals surface area contributed by atoms with Crippen LogP contribution in [0.3, 0.4) is 0 Å². The Bertz CT molecular complexity index is 571. The van der Waals surface area contributed by atoms with E-state index in [0.717, 1.165) is 24.1 Å². The lowest BCUT2D eigenvalue weighted by Gasteiger charge is -2.16. The lowest BCUT2D eigenvalue weighted by molar-refractivity contribution is 0.629. The molecule has 2 aromatic carbocycles. The van der Waals surface area contributed by atoms with Gasteiger partial charge >= 0.3 is 0 Å². The predicted octanol–water partition coefficient (Wildman–Crippen LogP) is 4.15. The van der Waals surface area contributed by atoms with Gasteiger partial charge in [-0.05, 0) is 41.7 Å². The number of rotatable bonds is 5. The maximum absolute atomic E-state index is 14.1. The Hall–Kier alpha value is -1.87. The molecule has 2 nitrogen and oxygen atoms in total. The number of para-hydroxylation sites is 1. The number of nitrogens with two attached hydrogens (primary N) is 1. The van der Waals surface area contributed by atoms with E-state index in [2.05, 4.69) is 37.4 Å². The smallest absolute Gasteiger partial charge is 0.146 e. The molecule has 0 aliphatic heterocycles. The van der Waals surface area contributed by atoms with Crippen LogP contribution in [0.5, 0.6) is 0 Å². The number of anilines is 2. The van der Waals surface area contributed by atoms with Crippen molar-refractivity contribution in [2.75, 3.05) is 5.32 Å². The van der Waals surface area contributed by atoms with Crippen LogP contribution in [0.25, 0.3) is 0 Å². The Balaban J connectivity index is 2.39. The first-order valence-corrected chi connectivity index (χ1v) is 7.05. The third-order valence-corrected chi connectivity index (χ3v) is 3.53. The normalized spacial score (nSPS) is 10.6. The van der Waals surface area contributed by atoms with Crippen LogP contribution in [0.15, 0.2) is 36.4 Å². The average molecular weight is 272 g/mol. The van der Waals surface area contributed by atoms with E-state index in [1.54, 1.807) is 6.07 Å². The molecule has 2 rings (SSSR count). The molecule has 0 aliphatic carbocycles. The van der Waals surface area contributed by atoms with Crippen molar-refractivity contribution in [1.82, 2.24) is 0 Å². The van der Waals surface area contributed by atoms with Gasteiger partial charge in [0.25, 0.3) is 0 Å². The predicted molar refractivity (Wildman–Crippen MR) is 82.8 cm³/mol. The molecule has 3 N–H and O–H groups in total. The van der Waals surface area contributed by atoms with E-state index in [4.69, 9.17) is 5.73 Å². The molecule has 20 heavy (non-hydrogen) atoms. The minimum Gasteiger partial charge on any atom is -0.353 e. The highest BCUT2D eigenvalue weighted by Crippen LogP contribution is 2.28. The Kier molecular flexibility index (Phi) is 4.74. The van der Waals surface area contributed by atoms with Crippen molar-refractivity contribution in [3.63, 3.8) is 0 Å². The first-order valence-electron chi connectivity index (χ1n) is 7.05. The first-order chi connectivity index (χ1) is 9.69. The zero-order chi connectivity index (χ0) is 14.5. The van der Waals surface area contributed by atoms with Gasteiger partial charge in [-0.25, -0.2) is 4.39 Å². The minimum absolute atomic E-state index is 0.263. The molecule has 106 valence electrons. The SMILES string of the molecule is CCc1cccc(CC)c1Nc1ccc(CN)cc1F. The van der Waals surface area contributed by atoms with Crippen LogP contribution in [0, 0.1) is 5.82 Å². The van der Waals surface area contributed by atoms with Crippen molar-refractivity contribution in [2.45, 2.75) is 33.2 Å². The summed E-state index contributed by atoms with van der Waals surface area (Å²) in [4.78, 5) is 0. The molecule has 2 aromatic rings. The maximum atomic E-state index is 14.1. The summed E-state index contributed by atoms with van der Waals surface area (Å²) in [5.41, 5.74) is 10.2. The van der Waals surface area contributed by atoms with Crippen molar-refractivity contribution >= 4 is 11.4 Å². The monoisotopic (exact) mass is 272 g/mol. The highest BCUT2D eigenvalue weighted by molar-refractivity contribution is 5.67. The number of halogens is 1. The van der Waals surface area contributed by atoms with Crippen molar-refractivity contribution in [3.8, 4) is 0 Å². The van der Waals surface area contributed by atoms with Crippen LogP contribution >= 0.6 is 0 Å². The molecule has 0 bridgehead atoms. The summed E-state index contributed by atoms with van der Waals surface area (Å²) in [6, 6.07) is 11.3. The topological polar surface area (TPSA) is 38.0 Å². The van der Waals surface area contributed by atoms with E-state index in [-0.39, 0.29) is 5.82 Å². The molecule has 0 aromatic heterocycles. The number of nitrogens with one attached hydrogen (secondary N) is 1. The van der Waals surface area contributed by atoms with Gasteiger partial charge in [-0.15, -0.1) is 0 Å². The summed E-state index contributed by atoms with van der Waals surface area (Å²) < 4.78 is 14.1. The summed E-state index contributed by atoms with van der Waals surface area (Å²) in [5.74, 6) is -0.263. The fourth-order valence-corrected chi connectivity index (χ4v) is 2.32. The van der Waals surface area contributed by atoms with E-state index < -0.39 is 0 Å². The molecular weight excluding hydrogens is 251 g/mol. The van der Waals surface area contributed by atoms with Crippen molar-refractivity contribution in [1.29, 1.82) is 0 Å². The molecule has 0 saturated carbocycles. The van der Waals surface area contributed by atoms with Crippen LogP contribution < -0.4 is 11.1 Å². The van der Waals surface area contributed by atoms with Crippen LogP contribution in [0.4, 0.5) is 15.8 Å². The lowest BCUT2D eigenvalue weighted by atomic mass is 10.0. The van der Waals surface area contributed by atoms with E-state index in [9.17, 15) is 4.39 Å². The minimum atomic E-state index is -0.263. The molecule has 0 fully saturated rings. The number of hydrogen-bond donors (Lipinski definition) is 2. The van der Waals surface area contributed by atoms with Crippen LogP contribution in [0.1, 0.15) is 30.5 Å². The molecule has 0 heterocycles. The standard InChI is InChI=1S/C17H21FN2/c1-3-13-6-5-7-14(4-2)17(13)20-16-9-8-12(11-19)10-15(16)18/h5-10,20H,3-4,11,19H2,1-2H3. The summed E-state index contributed by atoms with van der Waals surface area (Å²) in [6.45, 7) is 4.56. The zero-order valence-corrected chi connectivity index (χ0v) is 12.0. The molecule has 0 atom stereocenters. The van der Waals surface area contributed by atoms with Crippen LogP contribution in [-0.4, -0.2) is 0 Å². The van der Waals surface area contributed by atoms with E-state index in [1.165, 1.54) is 17.2 Å². The number of hydrogen-bond acceptors (Lipinski definition) is 2. The number of benzene rings is 2. The van der Waals surface area contributed by atoms with Gasteiger partial charge in [0.1, 0.15) is 5.82 Å². The third kappa shape index (κ3) is 2.99. The zero-order valence-electron chi connectivity index (χ0n) is 12.0. The van der Waals surface area contributed by atoms with Crippen molar-refractivity contribution in [3.05, 3.63) is 58.9 Å². The first kappa shape index (κ1) is 14.5.